The monoisotopic (exact) mass is 212 g/mol. The predicted molar refractivity (Wildman–Crippen MR) is 57.4 cm³/mol. The second-order valence-electron chi connectivity index (χ2n) is 3.06. The Kier molecular flexibility index (Phi) is 5.23. The molecule has 84 valence electrons. The molecule has 0 aliphatic carbocycles. The average Bonchev–Trinajstić information content (AvgIpc) is 2.14. The van der Waals surface area contributed by atoms with E-state index in [0.29, 0.717) is 5.75 Å². The molecule has 0 radical (unpaired) electrons. The first kappa shape index (κ1) is 13.3. The highest BCUT2D eigenvalue weighted by molar-refractivity contribution is 5.62. The van der Waals surface area contributed by atoms with Gasteiger partial charge < -0.3 is 14.9 Å². The topological polar surface area (TPSA) is 66.8 Å². The van der Waals surface area contributed by atoms with E-state index in [1.165, 1.54) is 0 Å². The molecule has 0 aliphatic heterocycles. The Morgan fingerprint density at radius 3 is 2.13 bits per heavy atom. The number of carboxylic acids is 1. The number of benzene rings is 1. The van der Waals surface area contributed by atoms with E-state index in [1.807, 2.05) is 13.8 Å². The number of carboxylic acid groups (broad SMARTS) is 1. The molecule has 4 heteroatoms. The van der Waals surface area contributed by atoms with E-state index in [9.17, 15) is 5.11 Å². The molecule has 0 unspecified atom stereocenters. The first-order chi connectivity index (χ1) is 6.90. The highest BCUT2D eigenvalue weighted by atomic mass is 16.5. The molecular formula is C11H16O4. The summed E-state index contributed by atoms with van der Waals surface area (Å²) in [6, 6.07) is 3.40. The van der Waals surface area contributed by atoms with Gasteiger partial charge in [0.15, 0.2) is 0 Å². The van der Waals surface area contributed by atoms with Gasteiger partial charge in [-0.2, -0.15) is 0 Å². The van der Waals surface area contributed by atoms with Gasteiger partial charge in [-0.25, -0.2) is 0 Å². The molecule has 4 nitrogen and oxygen atoms in total. The van der Waals surface area contributed by atoms with Gasteiger partial charge in [0.05, 0.1) is 7.11 Å². The lowest BCUT2D eigenvalue weighted by Gasteiger charge is -2.07. The Morgan fingerprint density at radius 1 is 1.27 bits per heavy atom. The van der Waals surface area contributed by atoms with Gasteiger partial charge in [0, 0.05) is 6.92 Å². The molecule has 0 aliphatic rings. The minimum absolute atomic E-state index is 0.323. The van der Waals surface area contributed by atoms with Gasteiger partial charge in [-0.3, -0.25) is 4.79 Å². The van der Waals surface area contributed by atoms with Gasteiger partial charge in [0.25, 0.3) is 5.97 Å². The van der Waals surface area contributed by atoms with E-state index < -0.39 is 5.97 Å². The third-order valence-electron chi connectivity index (χ3n) is 1.93. The maximum absolute atomic E-state index is 9.26. The fourth-order valence-corrected chi connectivity index (χ4v) is 1.00. The largest absolute Gasteiger partial charge is 0.508 e. The number of ether oxygens (including phenoxy) is 1. The fraction of sp³-hybridized carbons (Fsp3) is 0.364. The van der Waals surface area contributed by atoms with Crippen LogP contribution in [0.2, 0.25) is 0 Å². The van der Waals surface area contributed by atoms with Crippen molar-refractivity contribution in [3.8, 4) is 11.5 Å². The molecule has 0 bridgehead atoms. The van der Waals surface area contributed by atoms with Crippen molar-refractivity contribution in [2.75, 3.05) is 7.11 Å². The highest BCUT2D eigenvalue weighted by Gasteiger charge is 2.03. The quantitative estimate of drug-likeness (QED) is 0.748. The Labute approximate surface area is 89.1 Å². The van der Waals surface area contributed by atoms with Crippen molar-refractivity contribution in [1.82, 2.24) is 0 Å². The number of phenolic OH excluding ortho intramolecular Hbond substituents is 1. The second-order valence-corrected chi connectivity index (χ2v) is 3.06. The molecule has 1 aromatic carbocycles. The summed E-state index contributed by atoms with van der Waals surface area (Å²) in [4.78, 5) is 9.00. The van der Waals surface area contributed by atoms with Crippen molar-refractivity contribution in [2.24, 2.45) is 0 Å². The Morgan fingerprint density at radius 2 is 1.73 bits per heavy atom. The van der Waals surface area contributed by atoms with E-state index in [4.69, 9.17) is 14.6 Å². The highest BCUT2D eigenvalue weighted by Crippen LogP contribution is 2.27. The number of carbonyl (C=O) groups is 1. The normalized spacial score (nSPS) is 8.80. The van der Waals surface area contributed by atoms with Crippen LogP contribution in [0, 0.1) is 13.8 Å². The van der Waals surface area contributed by atoms with E-state index >= 15 is 0 Å². The lowest BCUT2D eigenvalue weighted by atomic mass is 10.1. The number of hydrogen-bond donors (Lipinski definition) is 2. The van der Waals surface area contributed by atoms with Gasteiger partial charge >= 0.3 is 0 Å². The molecule has 0 saturated carbocycles. The Balaban J connectivity index is 0.000000423. The molecule has 0 spiro atoms. The van der Waals surface area contributed by atoms with Crippen LogP contribution >= 0.6 is 0 Å². The molecule has 2 N–H and O–H groups in total. The zero-order valence-corrected chi connectivity index (χ0v) is 9.37. The van der Waals surface area contributed by atoms with Gasteiger partial charge in [-0.15, -0.1) is 0 Å². The van der Waals surface area contributed by atoms with Crippen LogP contribution in [0.5, 0.6) is 11.5 Å². The average molecular weight is 212 g/mol. The number of methoxy groups -OCH3 is 1. The molecule has 0 saturated heterocycles. The second kappa shape index (κ2) is 5.90. The number of aromatic hydroxyl groups is 1. The smallest absolute Gasteiger partial charge is 0.300 e. The molecule has 0 atom stereocenters. The predicted octanol–water partition coefficient (Wildman–Crippen LogP) is 2.11. The van der Waals surface area contributed by atoms with Crippen LogP contribution in [0.4, 0.5) is 0 Å². The van der Waals surface area contributed by atoms with Crippen LogP contribution in [0.15, 0.2) is 12.1 Å². The Bertz CT molecular complexity index is 341. The van der Waals surface area contributed by atoms with Crippen molar-refractivity contribution < 1.29 is 19.7 Å². The van der Waals surface area contributed by atoms with Crippen LogP contribution in [-0.2, 0) is 4.79 Å². The summed E-state index contributed by atoms with van der Waals surface area (Å²) in [5, 5.41) is 16.7. The molecule has 0 aromatic heterocycles. The van der Waals surface area contributed by atoms with E-state index in [1.54, 1.807) is 19.2 Å². The maximum Gasteiger partial charge on any atom is 0.300 e. The fourth-order valence-electron chi connectivity index (χ4n) is 1.00. The summed E-state index contributed by atoms with van der Waals surface area (Å²) in [5.74, 6) is 0.309. The molecule has 15 heavy (non-hydrogen) atoms. The lowest BCUT2D eigenvalue weighted by Crippen LogP contribution is -1.89. The zero-order chi connectivity index (χ0) is 12.0. The third-order valence-corrected chi connectivity index (χ3v) is 1.93. The standard InChI is InChI=1S/C9H12O2.C2H4O2/c1-6-7(2)9(11-3)5-4-8(6)10;1-2(3)4/h4-5,10H,1-3H3;1H3,(H,3,4). The van der Waals surface area contributed by atoms with Gasteiger partial charge in [0.2, 0.25) is 0 Å². The van der Waals surface area contributed by atoms with Crippen molar-refractivity contribution in [1.29, 1.82) is 0 Å². The van der Waals surface area contributed by atoms with Crippen LogP contribution < -0.4 is 4.74 Å². The van der Waals surface area contributed by atoms with Gasteiger partial charge in [-0.05, 0) is 37.1 Å². The van der Waals surface area contributed by atoms with Gasteiger partial charge in [-0.1, -0.05) is 0 Å². The van der Waals surface area contributed by atoms with Crippen LogP contribution in [-0.4, -0.2) is 23.3 Å². The van der Waals surface area contributed by atoms with E-state index in [2.05, 4.69) is 0 Å². The summed E-state index contributed by atoms with van der Waals surface area (Å²) >= 11 is 0. The van der Waals surface area contributed by atoms with E-state index in [-0.39, 0.29) is 0 Å². The first-order valence-electron chi connectivity index (χ1n) is 4.42. The van der Waals surface area contributed by atoms with E-state index in [0.717, 1.165) is 23.8 Å². The molecule has 1 rings (SSSR count). The SMILES string of the molecule is CC(=O)O.COc1ccc(O)c(C)c1C. The summed E-state index contributed by atoms with van der Waals surface area (Å²) in [6.45, 7) is 4.88. The number of aliphatic carboxylic acids is 1. The summed E-state index contributed by atoms with van der Waals surface area (Å²) in [5.41, 5.74) is 1.87. The van der Waals surface area contributed by atoms with Crippen molar-refractivity contribution in [3.05, 3.63) is 23.3 Å². The Hall–Kier alpha value is -1.71. The van der Waals surface area contributed by atoms with Crippen LogP contribution in [0.25, 0.3) is 0 Å². The summed E-state index contributed by atoms with van der Waals surface area (Å²) in [7, 11) is 1.62. The zero-order valence-electron chi connectivity index (χ0n) is 9.37. The third kappa shape index (κ3) is 4.35. The minimum atomic E-state index is -0.833. The summed E-state index contributed by atoms with van der Waals surface area (Å²) < 4.78 is 5.07. The maximum atomic E-state index is 9.26. The van der Waals surface area contributed by atoms with Crippen molar-refractivity contribution in [3.63, 3.8) is 0 Å². The molecule has 1 aromatic rings. The first-order valence-corrected chi connectivity index (χ1v) is 4.42. The lowest BCUT2D eigenvalue weighted by molar-refractivity contribution is -0.134. The van der Waals surface area contributed by atoms with Gasteiger partial charge in [0.1, 0.15) is 11.5 Å². The van der Waals surface area contributed by atoms with Crippen LogP contribution in [0.1, 0.15) is 18.1 Å². The molecular weight excluding hydrogens is 196 g/mol. The number of phenols is 1. The summed E-state index contributed by atoms with van der Waals surface area (Å²) in [6.07, 6.45) is 0. The number of rotatable bonds is 1. The molecule has 0 fully saturated rings. The van der Waals surface area contributed by atoms with Crippen molar-refractivity contribution in [2.45, 2.75) is 20.8 Å². The number of hydrogen-bond acceptors (Lipinski definition) is 3. The molecule has 0 amide bonds. The van der Waals surface area contributed by atoms with Crippen molar-refractivity contribution >= 4 is 5.97 Å². The van der Waals surface area contributed by atoms with Crippen LogP contribution in [0.3, 0.4) is 0 Å². The molecule has 0 heterocycles. The minimum Gasteiger partial charge on any atom is -0.508 e.